The van der Waals surface area contributed by atoms with Crippen LogP contribution in [0.3, 0.4) is 0 Å². The number of anilines is 1. The second-order valence-corrected chi connectivity index (χ2v) is 6.48. The monoisotopic (exact) mass is 270 g/mol. The minimum Gasteiger partial charge on any atom is -0.320 e. The molecular weight excluding hydrogens is 256 g/mol. The molecule has 1 amide bonds. The van der Waals surface area contributed by atoms with Crippen molar-refractivity contribution in [1.82, 2.24) is 4.57 Å². The molecule has 0 fully saturated rings. The summed E-state index contributed by atoms with van der Waals surface area (Å²) in [6.07, 6.45) is 0.435. The molecule has 0 radical (unpaired) electrons. The van der Waals surface area contributed by atoms with Crippen molar-refractivity contribution in [2.24, 2.45) is 13.0 Å². The summed E-state index contributed by atoms with van der Waals surface area (Å²) >= 11 is 0. The predicted molar refractivity (Wildman–Crippen MR) is 72.1 cm³/mol. The summed E-state index contributed by atoms with van der Waals surface area (Å²) in [7, 11) is 4.81. The summed E-state index contributed by atoms with van der Waals surface area (Å²) in [4.78, 5) is 24.5. The van der Waals surface area contributed by atoms with E-state index in [-0.39, 0.29) is 17.4 Å². The Morgan fingerprint density at radius 3 is 2.88 bits per heavy atom. The molecule has 4 nitrogen and oxygen atoms in total. The second kappa shape index (κ2) is 4.62. The van der Waals surface area contributed by atoms with Crippen molar-refractivity contribution in [3.8, 4) is 10.6 Å². The number of nitrogens with one attached hydrogen (secondary N) is 1. The molecule has 0 unspecified atom stereocenters. The van der Waals surface area contributed by atoms with E-state index in [9.17, 15) is 9.59 Å². The molecule has 0 aromatic heterocycles. The van der Waals surface area contributed by atoms with Crippen LogP contribution < -0.4 is 10.9 Å². The van der Waals surface area contributed by atoms with Crippen LogP contribution in [0, 0.1) is 5.92 Å². The Bertz CT molecular complexity index is 565. The zero-order chi connectivity index (χ0) is 12.6. The van der Waals surface area contributed by atoms with E-state index in [0.29, 0.717) is 12.1 Å². The van der Waals surface area contributed by atoms with Gasteiger partial charge in [-0.3, -0.25) is 9.59 Å². The van der Waals surface area contributed by atoms with Crippen LogP contribution in [0.1, 0.15) is 20.3 Å². The average molecular weight is 270 g/mol. The summed E-state index contributed by atoms with van der Waals surface area (Å²) in [5.41, 5.74) is 1.19. The first kappa shape index (κ1) is 12.3. The Balaban J connectivity index is 2.30. The van der Waals surface area contributed by atoms with E-state index in [1.54, 1.807) is 22.0 Å². The van der Waals surface area contributed by atoms with Crippen LogP contribution in [0.25, 0.3) is 10.6 Å². The lowest BCUT2D eigenvalue weighted by Gasteiger charge is -2.04. The summed E-state index contributed by atoms with van der Waals surface area (Å²) in [5.74, 6) is 0.193. The average Bonchev–Trinajstić information content (AvgIpc) is 2.77. The number of fused-ring (bicyclic) bond motifs is 1. The highest BCUT2D eigenvalue weighted by molar-refractivity contribution is 7.70. The summed E-state index contributed by atoms with van der Waals surface area (Å²) in [6.45, 7) is 3.96. The smallest absolute Gasteiger partial charge is 0.276 e. The van der Waals surface area contributed by atoms with Gasteiger partial charge in [0.25, 0.3) is 5.56 Å². The third-order valence-corrected chi connectivity index (χ3v) is 4.56. The zero-order valence-electron chi connectivity index (χ0n) is 9.94. The van der Waals surface area contributed by atoms with E-state index >= 15 is 0 Å². The minimum atomic E-state index is -0.129. The van der Waals surface area contributed by atoms with Crippen molar-refractivity contribution in [2.75, 3.05) is 5.32 Å². The first-order chi connectivity index (χ1) is 8.00. The fourth-order valence-corrected chi connectivity index (χ4v) is 3.96. The normalized spacial score (nSPS) is 11.3. The molecule has 1 N–H and O–H groups in total. The Morgan fingerprint density at radius 1 is 1.53 bits per heavy atom. The minimum absolute atomic E-state index is 0.0944. The molecule has 6 heteroatoms. The molecule has 2 aliphatic heterocycles. The number of nitrogens with zero attached hydrogens (tertiary/aromatic N) is 1. The van der Waals surface area contributed by atoms with Gasteiger partial charge in [0.15, 0.2) is 0 Å². The number of amides is 1. The summed E-state index contributed by atoms with van der Waals surface area (Å²) in [5, 5.41) is 4.67. The molecule has 2 rings (SSSR count). The first-order valence-electron chi connectivity index (χ1n) is 5.36. The van der Waals surface area contributed by atoms with Gasteiger partial charge < -0.3 is 9.88 Å². The van der Waals surface area contributed by atoms with Crippen molar-refractivity contribution in [1.29, 1.82) is 0 Å². The van der Waals surface area contributed by atoms with Gasteiger partial charge in [0.2, 0.25) is 5.91 Å². The molecule has 0 aliphatic carbocycles. The Kier molecular flexibility index (Phi) is 3.35. The van der Waals surface area contributed by atoms with E-state index in [1.807, 2.05) is 19.2 Å². The van der Waals surface area contributed by atoms with Gasteiger partial charge in [-0.15, -0.1) is 0 Å². The van der Waals surface area contributed by atoms with Gasteiger partial charge in [-0.1, -0.05) is 34.5 Å². The molecule has 0 atom stereocenters. The fraction of sp³-hybridized carbons (Fsp3) is 0.455. The number of rotatable bonds is 3. The van der Waals surface area contributed by atoms with E-state index in [4.69, 9.17) is 0 Å². The number of hydrogen-bond acceptors (Lipinski definition) is 4. The highest BCUT2D eigenvalue weighted by atomic mass is 32.9. The van der Waals surface area contributed by atoms with Crippen LogP contribution in [0.4, 0.5) is 5.69 Å². The summed E-state index contributed by atoms with van der Waals surface area (Å²) < 4.78 is 1.58. The van der Waals surface area contributed by atoms with Gasteiger partial charge in [-0.05, 0) is 5.92 Å². The van der Waals surface area contributed by atoms with Crippen LogP contribution >= 0.6 is 20.7 Å². The topological polar surface area (TPSA) is 51.1 Å². The highest BCUT2D eigenvalue weighted by Gasteiger charge is 2.22. The van der Waals surface area contributed by atoms with Crippen LogP contribution in [0.5, 0.6) is 0 Å². The number of carbonyl (C=O) groups is 1. The van der Waals surface area contributed by atoms with Crippen molar-refractivity contribution in [2.45, 2.75) is 20.3 Å². The van der Waals surface area contributed by atoms with Gasteiger partial charge in [0, 0.05) is 18.8 Å². The van der Waals surface area contributed by atoms with Crippen molar-refractivity contribution >= 4 is 32.3 Å². The van der Waals surface area contributed by atoms with Gasteiger partial charge >= 0.3 is 0 Å². The Labute approximate surface area is 107 Å². The largest absolute Gasteiger partial charge is 0.320 e. The number of carbonyl (C=O) groups excluding carboxylic acids is 1. The molecule has 0 bridgehead atoms. The van der Waals surface area contributed by atoms with Crippen LogP contribution in [-0.4, -0.2) is 10.5 Å². The molecule has 2 aliphatic rings. The van der Waals surface area contributed by atoms with Gasteiger partial charge in [-0.2, -0.15) is 0 Å². The van der Waals surface area contributed by atoms with E-state index in [2.05, 4.69) is 5.32 Å². The molecule has 0 aromatic rings. The second-order valence-electron chi connectivity index (χ2n) is 4.40. The van der Waals surface area contributed by atoms with Crippen molar-refractivity contribution < 1.29 is 4.79 Å². The van der Waals surface area contributed by atoms with Crippen LogP contribution in [-0.2, 0) is 11.8 Å². The van der Waals surface area contributed by atoms with Crippen LogP contribution in [0.15, 0.2) is 10.2 Å². The molecule has 2 heterocycles. The lowest BCUT2D eigenvalue weighted by atomic mass is 10.1. The van der Waals surface area contributed by atoms with E-state index < -0.39 is 0 Å². The summed E-state index contributed by atoms with van der Waals surface area (Å²) in [6, 6.07) is 0. The van der Waals surface area contributed by atoms with Gasteiger partial charge in [-0.25, -0.2) is 0 Å². The Morgan fingerprint density at radius 2 is 2.24 bits per heavy atom. The molecule has 0 spiro atoms. The lowest BCUT2D eigenvalue weighted by Crippen LogP contribution is -2.20. The SMILES string of the molecule is CC(C)CC(=O)Nc1c2sscc-2n(C)c1=O. The van der Waals surface area contributed by atoms with Crippen LogP contribution in [0.2, 0.25) is 0 Å². The first-order valence-corrected chi connectivity index (χ1v) is 7.58. The maximum Gasteiger partial charge on any atom is 0.276 e. The third kappa shape index (κ3) is 2.28. The van der Waals surface area contributed by atoms with E-state index in [1.165, 1.54) is 10.3 Å². The van der Waals surface area contributed by atoms with E-state index in [0.717, 1.165) is 10.6 Å². The Hall–Kier alpha value is -1.14. The fourth-order valence-electron chi connectivity index (χ4n) is 1.66. The number of hydrogen-bond donors (Lipinski definition) is 1. The maximum absolute atomic E-state index is 11.9. The van der Waals surface area contributed by atoms with Gasteiger partial charge in [0.1, 0.15) is 5.69 Å². The molecular formula is C11H14N2O2S2. The van der Waals surface area contributed by atoms with Gasteiger partial charge in [0.05, 0.1) is 10.6 Å². The molecule has 0 saturated carbocycles. The lowest BCUT2D eigenvalue weighted by molar-refractivity contribution is -0.116. The molecule has 0 saturated heterocycles. The molecule has 92 valence electrons. The standard InChI is InChI=1S/C11H14N2O2S2/c1-6(2)4-8(14)12-9-10-7(5-16-17-10)13(3)11(9)15/h5-6H,4H2,1-3H3,(H,12,14). The molecule has 17 heavy (non-hydrogen) atoms. The van der Waals surface area contributed by atoms with Crippen molar-refractivity contribution in [3.05, 3.63) is 15.7 Å². The van der Waals surface area contributed by atoms with Crippen molar-refractivity contribution in [3.63, 3.8) is 0 Å². The zero-order valence-corrected chi connectivity index (χ0v) is 11.6. The highest BCUT2D eigenvalue weighted by Crippen LogP contribution is 2.36. The maximum atomic E-state index is 11.9. The number of aromatic nitrogens is 1. The molecule has 0 aromatic carbocycles. The predicted octanol–water partition coefficient (Wildman–Crippen LogP) is 2.60. The quantitative estimate of drug-likeness (QED) is 0.872. The third-order valence-electron chi connectivity index (χ3n) is 2.49.